The summed E-state index contributed by atoms with van der Waals surface area (Å²) >= 11 is 0. The first-order chi connectivity index (χ1) is 24.3. The Balaban J connectivity index is 4.19. The highest BCUT2D eigenvalue weighted by Gasteiger charge is 2.22. The molecular formula is C41H61O8P. The number of esters is 2. The molecular weight excluding hydrogens is 651 g/mol. The zero-order valence-electron chi connectivity index (χ0n) is 30.2. The largest absolute Gasteiger partial charge is 0.469 e. The number of hydrogen-bond acceptors (Lipinski definition) is 6. The van der Waals surface area contributed by atoms with E-state index in [-0.39, 0.29) is 19.4 Å². The molecule has 0 aromatic carbocycles. The number of ether oxygens (including phenoxy) is 2. The van der Waals surface area contributed by atoms with Crippen molar-refractivity contribution < 1.29 is 37.9 Å². The van der Waals surface area contributed by atoms with Gasteiger partial charge in [-0.15, -0.1) is 0 Å². The summed E-state index contributed by atoms with van der Waals surface area (Å²) in [6.45, 7) is 3.29. The summed E-state index contributed by atoms with van der Waals surface area (Å²) in [6, 6.07) is 0. The number of phosphoric ester groups is 1. The van der Waals surface area contributed by atoms with Gasteiger partial charge in [0, 0.05) is 12.8 Å². The third kappa shape index (κ3) is 37.3. The molecule has 0 aliphatic rings. The molecule has 0 aliphatic carbocycles. The Morgan fingerprint density at radius 2 is 1.02 bits per heavy atom. The molecule has 1 unspecified atom stereocenters. The van der Waals surface area contributed by atoms with Gasteiger partial charge in [-0.3, -0.25) is 14.1 Å². The van der Waals surface area contributed by atoms with Gasteiger partial charge >= 0.3 is 19.8 Å². The van der Waals surface area contributed by atoms with E-state index >= 15 is 0 Å². The SMILES string of the molecule is CC/C=C/C=C/C=C/C=C/C=C/CCCC(=O)OC(COC(=O)CCCCC/C=C/C/C=C/C/C=C/C/C=C/C/C=C/CC)COP(=O)(O)O. The van der Waals surface area contributed by atoms with Gasteiger partial charge in [-0.1, -0.05) is 142 Å². The maximum absolute atomic E-state index is 12.3. The van der Waals surface area contributed by atoms with Gasteiger partial charge in [-0.2, -0.15) is 0 Å². The summed E-state index contributed by atoms with van der Waals surface area (Å²) in [5.41, 5.74) is 0. The van der Waals surface area contributed by atoms with Crippen LogP contribution in [0.2, 0.25) is 0 Å². The molecule has 0 radical (unpaired) electrons. The topological polar surface area (TPSA) is 119 Å². The van der Waals surface area contributed by atoms with E-state index in [4.69, 9.17) is 19.3 Å². The van der Waals surface area contributed by atoms with Crippen molar-refractivity contribution in [2.45, 2.75) is 110 Å². The second-order valence-electron chi connectivity index (χ2n) is 11.2. The minimum absolute atomic E-state index is 0.0995. The van der Waals surface area contributed by atoms with Gasteiger partial charge in [0.15, 0.2) is 6.10 Å². The lowest BCUT2D eigenvalue weighted by molar-refractivity contribution is -0.161. The van der Waals surface area contributed by atoms with Crippen LogP contribution in [0.3, 0.4) is 0 Å². The molecule has 0 bridgehead atoms. The highest BCUT2D eigenvalue weighted by molar-refractivity contribution is 7.46. The van der Waals surface area contributed by atoms with E-state index in [2.05, 4.69) is 85.2 Å². The fraction of sp³-hybridized carbons (Fsp3) is 0.463. The highest BCUT2D eigenvalue weighted by Crippen LogP contribution is 2.35. The number of allylic oxidation sites excluding steroid dienone is 20. The van der Waals surface area contributed by atoms with Gasteiger partial charge < -0.3 is 19.3 Å². The fourth-order valence-corrected chi connectivity index (χ4v) is 4.38. The number of carbonyl (C=O) groups is 2. The summed E-state index contributed by atoms with van der Waals surface area (Å²) < 4.78 is 26.2. The van der Waals surface area contributed by atoms with E-state index in [0.29, 0.717) is 19.3 Å². The van der Waals surface area contributed by atoms with Crippen molar-refractivity contribution >= 4 is 19.8 Å². The van der Waals surface area contributed by atoms with Crippen molar-refractivity contribution in [3.8, 4) is 0 Å². The Labute approximate surface area is 301 Å². The van der Waals surface area contributed by atoms with Gasteiger partial charge in [0.2, 0.25) is 0 Å². The molecule has 0 aromatic rings. The van der Waals surface area contributed by atoms with Crippen LogP contribution in [0, 0.1) is 0 Å². The van der Waals surface area contributed by atoms with Crippen LogP contribution in [0.15, 0.2) is 122 Å². The summed E-state index contributed by atoms with van der Waals surface area (Å²) in [5, 5.41) is 0. The first-order valence-corrected chi connectivity index (χ1v) is 19.4. The maximum Gasteiger partial charge on any atom is 0.469 e. The van der Waals surface area contributed by atoms with Crippen molar-refractivity contribution in [3.05, 3.63) is 122 Å². The molecule has 0 saturated heterocycles. The number of unbranched alkanes of at least 4 members (excludes halogenated alkanes) is 4. The normalized spacial score (nSPS) is 13.9. The summed E-state index contributed by atoms with van der Waals surface area (Å²) in [6.07, 6.45) is 50.7. The number of hydrogen-bond donors (Lipinski definition) is 2. The monoisotopic (exact) mass is 712 g/mol. The van der Waals surface area contributed by atoms with Crippen molar-refractivity contribution in [1.82, 2.24) is 0 Å². The summed E-state index contributed by atoms with van der Waals surface area (Å²) in [7, 11) is -4.79. The van der Waals surface area contributed by atoms with E-state index in [1.165, 1.54) is 0 Å². The zero-order valence-corrected chi connectivity index (χ0v) is 31.1. The Hall–Kier alpha value is -3.55. The number of phosphoric acid groups is 1. The molecule has 0 aliphatic heterocycles. The summed E-state index contributed by atoms with van der Waals surface area (Å²) in [4.78, 5) is 42.6. The fourth-order valence-electron chi connectivity index (χ4n) is 4.01. The van der Waals surface area contributed by atoms with Gasteiger partial charge in [0.05, 0.1) is 6.61 Å². The molecule has 1 atom stereocenters. The first-order valence-electron chi connectivity index (χ1n) is 17.9. The third-order valence-corrected chi connectivity index (χ3v) is 7.09. The molecule has 0 aromatic heterocycles. The minimum Gasteiger partial charge on any atom is -0.462 e. The van der Waals surface area contributed by atoms with E-state index in [0.717, 1.165) is 57.8 Å². The average molecular weight is 713 g/mol. The Bertz CT molecular complexity index is 1210. The van der Waals surface area contributed by atoms with Gasteiger partial charge in [-0.25, -0.2) is 4.57 Å². The lowest BCUT2D eigenvalue weighted by Crippen LogP contribution is -2.29. The van der Waals surface area contributed by atoms with E-state index in [1.54, 1.807) is 0 Å². The molecule has 0 saturated carbocycles. The summed E-state index contributed by atoms with van der Waals surface area (Å²) in [5.74, 6) is -1.03. The van der Waals surface area contributed by atoms with Crippen molar-refractivity contribution in [2.75, 3.05) is 13.2 Å². The molecule has 9 heteroatoms. The smallest absolute Gasteiger partial charge is 0.462 e. The van der Waals surface area contributed by atoms with Crippen molar-refractivity contribution in [3.63, 3.8) is 0 Å². The van der Waals surface area contributed by atoms with Crippen LogP contribution in [0.4, 0.5) is 0 Å². The minimum atomic E-state index is -4.79. The van der Waals surface area contributed by atoms with Crippen LogP contribution in [-0.2, 0) is 28.2 Å². The van der Waals surface area contributed by atoms with Crippen LogP contribution in [0.1, 0.15) is 104 Å². The molecule has 0 amide bonds. The van der Waals surface area contributed by atoms with Crippen LogP contribution < -0.4 is 0 Å². The van der Waals surface area contributed by atoms with E-state index in [1.807, 2.05) is 54.7 Å². The van der Waals surface area contributed by atoms with Gasteiger partial charge in [0.25, 0.3) is 0 Å². The number of rotatable bonds is 30. The molecule has 0 fully saturated rings. The van der Waals surface area contributed by atoms with Gasteiger partial charge in [0.1, 0.15) is 6.61 Å². The number of carbonyl (C=O) groups excluding carboxylic acids is 2. The maximum atomic E-state index is 12.3. The molecule has 0 rings (SSSR count). The molecule has 0 heterocycles. The second-order valence-corrected chi connectivity index (χ2v) is 12.4. The standard InChI is InChI=1S/C41H61O8P/c1-3-5-7-9-11-13-15-17-18-19-20-21-22-24-25-27-29-31-33-35-40(42)47-37-39(38-48-50(44,45)46)49-41(43)36-34-32-30-28-26-23-16-14-12-10-8-6-4-2/h5-8,10-14,16-18,20-21,23-26,28,30,39H,3-4,9,15,19,22,27,29,31-38H2,1-2H3,(H2,44,45,46)/b7-5+,8-6+,12-10+,13-11+,16-14+,18-17+,21-20+,25-24+,26-23+,30-28+. The molecule has 8 nitrogen and oxygen atoms in total. The second kappa shape index (κ2) is 35.3. The predicted molar refractivity (Wildman–Crippen MR) is 206 cm³/mol. The molecule has 50 heavy (non-hydrogen) atoms. The third-order valence-electron chi connectivity index (χ3n) is 6.60. The zero-order chi connectivity index (χ0) is 36.8. The van der Waals surface area contributed by atoms with Gasteiger partial charge in [-0.05, 0) is 70.6 Å². The average Bonchev–Trinajstić information content (AvgIpc) is 3.08. The van der Waals surface area contributed by atoms with E-state index < -0.39 is 32.5 Å². The Morgan fingerprint density at radius 3 is 1.58 bits per heavy atom. The Morgan fingerprint density at radius 1 is 0.540 bits per heavy atom. The quantitative estimate of drug-likeness (QED) is 0.0248. The molecule has 2 N–H and O–H groups in total. The highest BCUT2D eigenvalue weighted by atomic mass is 31.2. The van der Waals surface area contributed by atoms with Crippen molar-refractivity contribution in [1.29, 1.82) is 0 Å². The van der Waals surface area contributed by atoms with Crippen LogP contribution in [0.5, 0.6) is 0 Å². The van der Waals surface area contributed by atoms with Crippen LogP contribution in [0.25, 0.3) is 0 Å². The Kier molecular flexibility index (Phi) is 32.8. The van der Waals surface area contributed by atoms with Crippen LogP contribution in [-0.4, -0.2) is 41.0 Å². The van der Waals surface area contributed by atoms with E-state index in [9.17, 15) is 14.2 Å². The lowest BCUT2D eigenvalue weighted by atomic mass is 10.1. The molecule has 0 spiro atoms. The van der Waals surface area contributed by atoms with Crippen molar-refractivity contribution in [2.24, 2.45) is 0 Å². The lowest BCUT2D eigenvalue weighted by Gasteiger charge is -2.18. The first kappa shape index (κ1) is 46.5. The predicted octanol–water partition coefficient (Wildman–Crippen LogP) is 10.6. The van der Waals surface area contributed by atoms with Crippen LogP contribution >= 0.6 is 7.82 Å². The molecule has 278 valence electrons.